The number of cyclic esters (lactones) is 1. The number of nitrogens with two attached hydrogens (primary N) is 1. The second kappa shape index (κ2) is 13.0. The summed E-state index contributed by atoms with van der Waals surface area (Å²) in [5.74, 6) is -0.356. The van der Waals surface area contributed by atoms with Crippen LogP contribution in [0.15, 0.2) is 12.2 Å². The molecule has 0 aromatic rings. The average Bonchev–Trinajstić information content (AvgIpc) is 2.88. The Morgan fingerprint density at radius 3 is 2.33 bits per heavy atom. The Labute approximate surface area is 163 Å². The molecule has 0 saturated carbocycles. The number of ketones is 1. The minimum atomic E-state index is -1.70. The smallest absolute Gasteiger partial charge is 0.331 e. The van der Waals surface area contributed by atoms with Crippen molar-refractivity contribution in [3.05, 3.63) is 12.2 Å². The van der Waals surface area contributed by atoms with Crippen molar-refractivity contribution < 1.29 is 24.5 Å². The number of unbranched alkanes of at least 4 members (excludes halogenated alkanes) is 7. The lowest BCUT2D eigenvalue weighted by Gasteiger charge is -2.21. The third-order valence-corrected chi connectivity index (χ3v) is 5.20. The number of rotatable bonds is 15. The third-order valence-electron chi connectivity index (χ3n) is 5.20. The monoisotopic (exact) mass is 383 g/mol. The van der Waals surface area contributed by atoms with Crippen LogP contribution in [0, 0.1) is 0 Å². The standard InChI is InChI=1S/C21H37NO5/c1-2-3-4-10-13-17(24)14-11-8-6-5-7-9-12-15-18-19(25)21(22,16-23)20(26)27-18/h9,12,18-19,23,25H,2-8,10-11,13-16,22H2,1H3/b12-9-. The van der Waals surface area contributed by atoms with Gasteiger partial charge >= 0.3 is 5.97 Å². The Balaban J connectivity index is 2.03. The fourth-order valence-corrected chi connectivity index (χ4v) is 3.26. The number of allylic oxidation sites excluding steroid dienone is 1. The van der Waals surface area contributed by atoms with Crippen LogP contribution in [0.25, 0.3) is 0 Å². The molecule has 27 heavy (non-hydrogen) atoms. The highest BCUT2D eigenvalue weighted by Crippen LogP contribution is 2.26. The van der Waals surface area contributed by atoms with Gasteiger partial charge in [-0.1, -0.05) is 51.2 Å². The molecular formula is C21H37NO5. The molecule has 156 valence electrons. The predicted molar refractivity (Wildman–Crippen MR) is 105 cm³/mol. The number of aliphatic hydroxyl groups excluding tert-OH is 2. The maximum atomic E-state index is 11.7. The highest BCUT2D eigenvalue weighted by Gasteiger charge is 2.53. The first kappa shape index (κ1) is 23.8. The number of hydrogen-bond acceptors (Lipinski definition) is 6. The molecule has 1 heterocycles. The molecule has 1 aliphatic rings. The SMILES string of the molecule is CCCCCCC(=O)CCCCCC/C=C\CC1OC(=O)C(N)(CO)C1O. The van der Waals surface area contributed by atoms with E-state index in [4.69, 9.17) is 15.6 Å². The molecule has 0 radical (unpaired) electrons. The second-order valence-corrected chi connectivity index (χ2v) is 7.60. The molecule has 0 aromatic heterocycles. The number of carbonyl (C=O) groups is 2. The molecule has 0 bridgehead atoms. The summed E-state index contributed by atoms with van der Waals surface area (Å²) in [6.45, 7) is 1.54. The van der Waals surface area contributed by atoms with Crippen molar-refractivity contribution in [2.75, 3.05) is 6.61 Å². The lowest BCUT2D eigenvalue weighted by molar-refractivity contribution is -0.146. The van der Waals surface area contributed by atoms with Crippen LogP contribution in [0.5, 0.6) is 0 Å². The molecule has 3 atom stereocenters. The van der Waals surface area contributed by atoms with Crippen molar-refractivity contribution >= 4 is 11.8 Å². The molecule has 6 heteroatoms. The first-order valence-electron chi connectivity index (χ1n) is 10.4. The van der Waals surface area contributed by atoms with Gasteiger partial charge in [0.1, 0.15) is 18.0 Å². The lowest BCUT2D eigenvalue weighted by atomic mass is 9.93. The zero-order valence-electron chi connectivity index (χ0n) is 16.7. The molecule has 4 N–H and O–H groups in total. The number of carbonyl (C=O) groups excluding carboxylic acids is 2. The first-order valence-corrected chi connectivity index (χ1v) is 10.4. The van der Waals surface area contributed by atoms with Gasteiger partial charge in [0.05, 0.1) is 6.61 Å². The van der Waals surface area contributed by atoms with Crippen molar-refractivity contribution in [2.45, 2.75) is 102 Å². The van der Waals surface area contributed by atoms with E-state index < -0.39 is 30.3 Å². The molecular weight excluding hydrogens is 346 g/mol. The molecule has 1 saturated heterocycles. The van der Waals surface area contributed by atoms with Gasteiger partial charge in [-0.05, 0) is 25.7 Å². The molecule has 0 spiro atoms. The van der Waals surface area contributed by atoms with E-state index in [1.807, 2.05) is 12.2 Å². The zero-order valence-corrected chi connectivity index (χ0v) is 16.7. The highest BCUT2D eigenvalue weighted by molar-refractivity contribution is 5.84. The maximum absolute atomic E-state index is 11.7. The molecule has 0 aliphatic carbocycles. The van der Waals surface area contributed by atoms with E-state index in [2.05, 4.69) is 6.92 Å². The summed E-state index contributed by atoms with van der Waals surface area (Å²) in [6.07, 6.45) is 13.5. The lowest BCUT2D eigenvalue weighted by Crippen LogP contribution is -2.57. The highest BCUT2D eigenvalue weighted by atomic mass is 16.6. The topological polar surface area (TPSA) is 110 Å². The van der Waals surface area contributed by atoms with Crippen LogP contribution in [-0.4, -0.2) is 46.3 Å². The van der Waals surface area contributed by atoms with Gasteiger partial charge in [-0.3, -0.25) is 4.79 Å². The van der Waals surface area contributed by atoms with Gasteiger partial charge in [0.2, 0.25) is 0 Å². The molecule has 0 aromatic carbocycles. The number of esters is 1. The maximum Gasteiger partial charge on any atom is 0.331 e. The van der Waals surface area contributed by atoms with Crippen molar-refractivity contribution in [1.82, 2.24) is 0 Å². The zero-order chi connectivity index (χ0) is 20.1. The van der Waals surface area contributed by atoms with Gasteiger partial charge in [0.15, 0.2) is 5.54 Å². The minimum Gasteiger partial charge on any atom is -0.458 e. The Bertz CT molecular complexity index is 479. The van der Waals surface area contributed by atoms with Gasteiger partial charge < -0.3 is 20.7 Å². The van der Waals surface area contributed by atoms with Crippen LogP contribution in [0.3, 0.4) is 0 Å². The largest absolute Gasteiger partial charge is 0.458 e. The quantitative estimate of drug-likeness (QED) is 0.228. The van der Waals surface area contributed by atoms with Crippen molar-refractivity contribution in [1.29, 1.82) is 0 Å². The van der Waals surface area contributed by atoms with Crippen LogP contribution < -0.4 is 5.73 Å². The fraction of sp³-hybridized carbons (Fsp3) is 0.810. The van der Waals surface area contributed by atoms with Crippen LogP contribution in [-0.2, 0) is 14.3 Å². The van der Waals surface area contributed by atoms with Crippen LogP contribution in [0.2, 0.25) is 0 Å². The van der Waals surface area contributed by atoms with E-state index in [-0.39, 0.29) is 0 Å². The van der Waals surface area contributed by atoms with Gasteiger partial charge in [-0.15, -0.1) is 0 Å². The van der Waals surface area contributed by atoms with Gasteiger partial charge in [0.25, 0.3) is 0 Å². The van der Waals surface area contributed by atoms with Gasteiger partial charge in [-0.25, -0.2) is 4.79 Å². The number of hydrogen-bond donors (Lipinski definition) is 3. The van der Waals surface area contributed by atoms with E-state index in [0.29, 0.717) is 18.6 Å². The van der Waals surface area contributed by atoms with E-state index in [9.17, 15) is 14.7 Å². The van der Waals surface area contributed by atoms with Crippen LogP contribution in [0.4, 0.5) is 0 Å². The fourth-order valence-electron chi connectivity index (χ4n) is 3.26. The summed E-state index contributed by atoms with van der Waals surface area (Å²) >= 11 is 0. The van der Waals surface area contributed by atoms with Gasteiger partial charge in [0, 0.05) is 19.3 Å². The summed E-state index contributed by atoms with van der Waals surface area (Å²) in [6, 6.07) is 0. The number of aliphatic hydroxyl groups is 2. The predicted octanol–water partition coefficient (Wildman–Crippen LogP) is 2.79. The normalized spacial score (nSPS) is 25.3. The van der Waals surface area contributed by atoms with Crippen LogP contribution >= 0.6 is 0 Å². The van der Waals surface area contributed by atoms with Crippen LogP contribution in [0.1, 0.15) is 84.0 Å². The van der Waals surface area contributed by atoms with Crippen molar-refractivity contribution in [2.24, 2.45) is 5.73 Å². The summed E-state index contributed by atoms with van der Waals surface area (Å²) in [5, 5.41) is 19.2. The number of ether oxygens (including phenoxy) is 1. The Hall–Kier alpha value is -1.24. The van der Waals surface area contributed by atoms with E-state index in [0.717, 1.165) is 51.4 Å². The molecule has 3 unspecified atom stereocenters. The van der Waals surface area contributed by atoms with E-state index in [1.54, 1.807) is 0 Å². The Morgan fingerprint density at radius 2 is 1.74 bits per heavy atom. The summed E-state index contributed by atoms with van der Waals surface area (Å²) in [5.41, 5.74) is 3.97. The molecule has 1 aliphatic heterocycles. The third kappa shape index (κ3) is 8.11. The Morgan fingerprint density at radius 1 is 1.11 bits per heavy atom. The van der Waals surface area contributed by atoms with Gasteiger partial charge in [-0.2, -0.15) is 0 Å². The molecule has 6 nitrogen and oxygen atoms in total. The minimum absolute atomic E-state index is 0.387. The average molecular weight is 384 g/mol. The van der Waals surface area contributed by atoms with Crippen molar-refractivity contribution in [3.8, 4) is 0 Å². The van der Waals surface area contributed by atoms with E-state index in [1.165, 1.54) is 12.8 Å². The van der Waals surface area contributed by atoms with E-state index >= 15 is 0 Å². The summed E-state index contributed by atoms with van der Waals surface area (Å²) in [7, 11) is 0. The Kier molecular flexibility index (Phi) is 11.5. The number of Topliss-reactive ketones (excluding diaryl/α,β-unsaturated/α-hetero) is 1. The molecule has 0 amide bonds. The molecule has 1 fully saturated rings. The summed E-state index contributed by atoms with van der Waals surface area (Å²) < 4.78 is 5.05. The van der Waals surface area contributed by atoms with Crippen molar-refractivity contribution in [3.63, 3.8) is 0 Å². The second-order valence-electron chi connectivity index (χ2n) is 7.60. The molecule has 1 rings (SSSR count). The first-order chi connectivity index (χ1) is 13.0. The summed E-state index contributed by atoms with van der Waals surface area (Å²) in [4.78, 5) is 23.3.